The van der Waals surface area contributed by atoms with Crippen molar-refractivity contribution >= 4 is 20.6 Å². The Morgan fingerprint density at radius 3 is 0.714 bits per heavy atom. The molecule has 0 spiro atoms. The van der Waals surface area contributed by atoms with Crippen LogP contribution in [0.25, 0.3) is 21.9 Å². The normalized spacial score (nSPS) is 13.0. The Kier molecular flexibility index (Phi) is 35.9. The van der Waals surface area contributed by atoms with Crippen LogP contribution in [0.5, 0.6) is 80.5 Å². The molecule has 1 saturated carbocycles. The number of aromatic hydroxyl groups is 14. The number of hydrogen-bond acceptors (Lipinski definition) is 20. The SMILES string of the molecule is CC(C)(c1ccc(O)cc1)c1ccc(C(C)(C)c2ccc(O)cc2)cc1.CC(C)(c1ccc(O)cc1)c1ccc(O)cc1.O=S(=O)(c1ccc(O)cc1)c1ccc(O)cc1.OCCN1CCN(CCO)CC1.Oc1ccc(-c2ccc(O)cc2)cc1.Oc1ccc(C2(c3ccc(O)cc3)CCCCC2)cc1.Oc1ccc(Cc2ccc(O)cc2)cc1.Oc1cccc2c(O)cccc12. The fourth-order valence-electron chi connectivity index (χ4n) is 15.7. The van der Waals surface area contributed by atoms with Gasteiger partial charge < -0.3 is 81.7 Å². The van der Waals surface area contributed by atoms with E-state index in [1.54, 1.807) is 158 Å². The molecule has 1 saturated heterocycles. The highest BCUT2D eigenvalue weighted by Crippen LogP contribution is 2.46. The molecule has 692 valence electrons. The molecule has 0 radical (unpaired) electrons. The molecule has 21 heteroatoms. The lowest BCUT2D eigenvalue weighted by Gasteiger charge is -2.38. The van der Waals surface area contributed by atoms with Crippen LogP contribution in [0.15, 0.2) is 362 Å². The molecule has 0 amide bonds. The van der Waals surface area contributed by atoms with Crippen LogP contribution < -0.4 is 0 Å². The van der Waals surface area contributed by atoms with Gasteiger partial charge >= 0.3 is 0 Å². The minimum Gasteiger partial charge on any atom is -0.508 e. The molecule has 1 aliphatic carbocycles. The molecule has 16 N–H and O–H groups in total. The highest BCUT2D eigenvalue weighted by molar-refractivity contribution is 7.91. The number of aliphatic hydroxyl groups is 2. The molecule has 2 aliphatic rings. The van der Waals surface area contributed by atoms with E-state index in [0.29, 0.717) is 22.3 Å². The number of fused-ring (bicyclic) bond motifs is 1. The van der Waals surface area contributed by atoms with Crippen molar-refractivity contribution in [1.82, 2.24) is 9.80 Å². The zero-order valence-electron chi connectivity index (χ0n) is 75.7. The number of benzene rings is 15. The molecule has 0 atom stereocenters. The van der Waals surface area contributed by atoms with Crippen molar-refractivity contribution in [2.45, 2.75) is 112 Å². The summed E-state index contributed by atoms with van der Waals surface area (Å²) < 4.78 is 24.2. The summed E-state index contributed by atoms with van der Waals surface area (Å²) in [7, 11) is -3.59. The summed E-state index contributed by atoms with van der Waals surface area (Å²) in [4.78, 5) is 4.68. The third kappa shape index (κ3) is 28.8. The lowest BCUT2D eigenvalue weighted by atomic mass is 9.65. The second-order valence-corrected chi connectivity index (χ2v) is 36.2. The third-order valence-corrected chi connectivity index (χ3v) is 25.8. The van der Waals surface area contributed by atoms with Crippen LogP contribution in [-0.4, -0.2) is 152 Å². The first-order chi connectivity index (χ1) is 63.6. The lowest BCUT2D eigenvalue weighted by Crippen LogP contribution is -2.47. The summed E-state index contributed by atoms with van der Waals surface area (Å²) in [5, 5.41) is 149. The van der Waals surface area contributed by atoms with Gasteiger partial charge in [-0.25, -0.2) is 8.42 Å². The molecule has 0 aromatic heterocycles. The number of rotatable bonds is 17. The van der Waals surface area contributed by atoms with Gasteiger partial charge in [-0.15, -0.1) is 0 Å². The van der Waals surface area contributed by atoms with E-state index < -0.39 is 9.84 Å². The van der Waals surface area contributed by atoms with Crippen LogP contribution in [0.3, 0.4) is 0 Å². The molecular formula is C112H120N2O18S. The van der Waals surface area contributed by atoms with Crippen LogP contribution in [0, 0.1) is 0 Å². The van der Waals surface area contributed by atoms with E-state index in [-0.39, 0.29) is 114 Å². The van der Waals surface area contributed by atoms with Gasteiger partial charge in [0.15, 0.2) is 0 Å². The molecule has 17 rings (SSSR count). The van der Waals surface area contributed by atoms with Gasteiger partial charge in [-0.3, -0.25) is 9.80 Å². The molecule has 2 fully saturated rings. The molecule has 15 aromatic carbocycles. The molecular weight excluding hydrogens is 1690 g/mol. The number of hydrogen-bond donors (Lipinski definition) is 16. The van der Waals surface area contributed by atoms with E-state index >= 15 is 0 Å². The second-order valence-electron chi connectivity index (χ2n) is 34.3. The van der Waals surface area contributed by atoms with E-state index in [1.807, 2.05) is 121 Å². The summed E-state index contributed by atoms with van der Waals surface area (Å²) in [6.07, 6.45) is 6.80. The highest BCUT2D eigenvalue weighted by atomic mass is 32.2. The number of phenolic OH excluding ortho intramolecular Hbond substituents is 14. The topological polar surface area (TPSA) is 364 Å². The molecule has 0 bridgehead atoms. The Morgan fingerprint density at radius 1 is 0.263 bits per heavy atom. The van der Waals surface area contributed by atoms with Gasteiger partial charge in [-0.1, -0.05) is 231 Å². The molecule has 0 unspecified atom stereocenters. The van der Waals surface area contributed by atoms with Gasteiger partial charge in [0.2, 0.25) is 9.84 Å². The van der Waals surface area contributed by atoms with E-state index in [1.165, 1.54) is 101 Å². The predicted molar refractivity (Wildman–Crippen MR) is 526 cm³/mol. The summed E-state index contributed by atoms with van der Waals surface area (Å²) in [5.74, 6) is 3.23. The average Bonchev–Trinajstić information content (AvgIpc) is 0.758. The Bertz CT molecular complexity index is 5790. The van der Waals surface area contributed by atoms with E-state index in [9.17, 15) is 49.3 Å². The first kappa shape index (κ1) is 101. The number of nitrogens with zero attached hydrogens (tertiary/aromatic N) is 2. The quantitative estimate of drug-likeness (QED) is 0.0403. The van der Waals surface area contributed by atoms with Crippen molar-refractivity contribution in [3.63, 3.8) is 0 Å². The Balaban J connectivity index is 0.000000159. The van der Waals surface area contributed by atoms with Gasteiger partial charge in [-0.05, 0) is 268 Å². The van der Waals surface area contributed by atoms with Gasteiger partial charge in [0.05, 0.1) is 23.0 Å². The smallest absolute Gasteiger partial charge is 0.206 e. The van der Waals surface area contributed by atoms with Crippen LogP contribution in [0.1, 0.15) is 129 Å². The van der Waals surface area contributed by atoms with Crippen molar-refractivity contribution in [2.75, 3.05) is 52.5 Å². The standard InChI is InChI=1S/C24H26O2.C18H20O2.C15H16O2.C13H12O2.C12H10O4S.C12H10O2.C10H8O2.C8H18N2O2/c1-23(2,19-9-13-21(25)14-10-19)17-5-7-18(8-6-17)24(3,4)20-11-15-22(26)16-12-20;19-16-8-4-14(5-9-16)18(12-2-1-3-13-18)15-6-10-17(20)11-7-15;1-15(2,11-3-7-13(16)8-4-11)12-5-9-14(17)10-6-12;14-12-5-1-10(2-6-12)9-11-3-7-13(15)8-4-11;13-9-1-5-11(6-2-9)17(15,16)12-7-3-10(14)4-8-12;13-11-5-1-9(2-6-11)10-3-7-12(14)8-4-10;11-9-5-1-3-7-8(9)4-2-6-10(7)12;11-7-5-9-1-2-10(4-3-9)6-8-12/h5-16,25-26H,1-4H3;4-11,19-20H,1-3,12-13H2;3-10,16-17H,1-2H3;1-8,14-15H,9H2;1-8,13-14H;1-8,13-14H;1-6,11-12H;11-12H,1-8H2. The molecule has 133 heavy (non-hydrogen) atoms. The first-order valence-electron chi connectivity index (χ1n) is 44.0. The Hall–Kier alpha value is -14.5. The number of aliphatic hydroxyl groups excluding tert-OH is 2. The second kappa shape index (κ2) is 47.4. The lowest BCUT2D eigenvalue weighted by molar-refractivity contribution is 0.0984. The minimum absolute atomic E-state index is 0.00894. The van der Waals surface area contributed by atoms with Gasteiger partial charge in [0.25, 0.3) is 0 Å². The van der Waals surface area contributed by atoms with Crippen molar-refractivity contribution in [2.24, 2.45) is 0 Å². The van der Waals surface area contributed by atoms with Gasteiger partial charge in [0.1, 0.15) is 80.5 Å². The van der Waals surface area contributed by atoms with Gasteiger partial charge in [0, 0.05) is 71.7 Å². The van der Waals surface area contributed by atoms with Crippen molar-refractivity contribution < 1.29 is 90.1 Å². The van der Waals surface area contributed by atoms with Crippen molar-refractivity contribution in [3.8, 4) is 91.6 Å². The van der Waals surface area contributed by atoms with Gasteiger partial charge in [-0.2, -0.15) is 0 Å². The molecule has 15 aromatic rings. The Morgan fingerprint density at radius 2 is 0.474 bits per heavy atom. The van der Waals surface area contributed by atoms with Crippen LogP contribution in [-0.2, 0) is 37.9 Å². The van der Waals surface area contributed by atoms with Crippen LogP contribution >= 0.6 is 0 Å². The predicted octanol–water partition coefficient (Wildman–Crippen LogP) is 21.7. The minimum atomic E-state index is -3.59. The fourth-order valence-corrected chi connectivity index (χ4v) is 17.0. The van der Waals surface area contributed by atoms with E-state index in [2.05, 4.69) is 75.6 Å². The number of piperazine rings is 1. The number of sulfone groups is 1. The molecule has 20 nitrogen and oxygen atoms in total. The van der Waals surface area contributed by atoms with Crippen LogP contribution in [0.4, 0.5) is 0 Å². The first-order valence-corrected chi connectivity index (χ1v) is 45.5. The zero-order chi connectivity index (χ0) is 95.9. The highest BCUT2D eigenvalue weighted by Gasteiger charge is 2.36. The number of β-amino-alcohol motifs (C(OH)–C–C–N with tert-alkyl or cyclic N) is 2. The Labute approximate surface area is 778 Å². The third-order valence-electron chi connectivity index (χ3n) is 24.0. The average molecular weight is 1810 g/mol. The van der Waals surface area contributed by atoms with Crippen LogP contribution in [0.2, 0.25) is 0 Å². The summed E-state index contributed by atoms with van der Waals surface area (Å²) >= 11 is 0. The van der Waals surface area contributed by atoms with E-state index in [0.717, 1.165) is 91.9 Å². The van der Waals surface area contributed by atoms with Crippen molar-refractivity contribution in [1.29, 1.82) is 0 Å². The maximum Gasteiger partial charge on any atom is 0.206 e. The van der Waals surface area contributed by atoms with Crippen molar-refractivity contribution in [3.05, 3.63) is 407 Å². The fraction of sp³-hybridized carbons (Fsp3) is 0.214. The maximum absolute atomic E-state index is 12.1. The molecule has 1 heterocycles. The summed E-state index contributed by atoms with van der Waals surface area (Å²) in [6, 6.07) is 102. The summed E-state index contributed by atoms with van der Waals surface area (Å²) in [6.45, 7) is 19.1. The maximum atomic E-state index is 12.1. The monoisotopic (exact) mass is 1810 g/mol. The largest absolute Gasteiger partial charge is 0.508 e. The zero-order valence-corrected chi connectivity index (χ0v) is 76.5. The number of phenols is 14. The molecule has 1 aliphatic heterocycles. The summed E-state index contributed by atoms with van der Waals surface area (Å²) in [5.41, 5.74) is 13.5. The van der Waals surface area contributed by atoms with E-state index in [4.69, 9.17) is 40.9 Å².